The highest BCUT2D eigenvalue weighted by molar-refractivity contribution is 7.90. The second kappa shape index (κ2) is 7.99. The summed E-state index contributed by atoms with van der Waals surface area (Å²) in [4.78, 5) is 28.0. The molecule has 0 saturated heterocycles. The van der Waals surface area contributed by atoms with Crippen molar-refractivity contribution >= 4 is 39.2 Å². The zero-order chi connectivity index (χ0) is 20.3. The maximum absolute atomic E-state index is 12.1. The molecule has 146 valence electrons. The maximum atomic E-state index is 12.1. The van der Waals surface area contributed by atoms with Gasteiger partial charge in [-0.25, -0.2) is 8.42 Å². The van der Waals surface area contributed by atoms with Crippen LogP contribution in [0.15, 0.2) is 52.4 Å². The number of aliphatic imine (C=N–C) groups is 1. The summed E-state index contributed by atoms with van der Waals surface area (Å²) in [6.45, 7) is -0.933. The highest BCUT2D eigenvalue weighted by Gasteiger charge is 2.30. The SMILES string of the molecule is COc1ccc(C(=O)COC(=O)CN=C2NS(=O)(=O)c3ccccc32)cc1Cl. The number of methoxy groups -OCH3 is 1. The lowest BCUT2D eigenvalue weighted by Crippen LogP contribution is -2.24. The number of halogens is 1. The largest absolute Gasteiger partial charge is 0.495 e. The molecule has 2 aromatic carbocycles. The van der Waals surface area contributed by atoms with Crippen LogP contribution in [0.25, 0.3) is 0 Å². The number of ether oxygens (including phenoxy) is 2. The molecule has 0 unspecified atom stereocenters. The molecular weight excluding hydrogens is 408 g/mol. The van der Waals surface area contributed by atoms with Gasteiger partial charge in [-0.05, 0) is 30.3 Å². The van der Waals surface area contributed by atoms with Gasteiger partial charge < -0.3 is 9.47 Å². The Morgan fingerprint density at radius 2 is 1.93 bits per heavy atom. The first kappa shape index (κ1) is 19.8. The average Bonchev–Trinajstić information content (AvgIpc) is 2.95. The molecule has 2 aromatic rings. The first-order valence-electron chi connectivity index (χ1n) is 8.01. The van der Waals surface area contributed by atoms with Crippen molar-refractivity contribution in [2.75, 3.05) is 20.3 Å². The summed E-state index contributed by atoms with van der Waals surface area (Å²) in [6, 6.07) is 10.7. The van der Waals surface area contributed by atoms with E-state index in [0.29, 0.717) is 11.3 Å². The summed E-state index contributed by atoms with van der Waals surface area (Å²) in [5.41, 5.74) is 0.640. The molecule has 28 heavy (non-hydrogen) atoms. The van der Waals surface area contributed by atoms with Gasteiger partial charge in [-0.3, -0.25) is 19.3 Å². The van der Waals surface area contributed by atoms with Crippen molar-refractivity contribution in [3.8, 4) is 5.75 Å². The van der Waals surface area contributed by atoms with Crippen LogP contribution in [-0.4, -0.2) is 46.3 Å². The van der Waals surface area contributed by atoms with Gasteiger partial charge in [0.15, 0.2) is 12.4 Å². The molecule has 0 atom stereocenters. The third-order valence-electron chi connectivity index (χ3n) is 3.87. The summed E-state index contributed by atoms with van der Waals surface area (Å²) < 4.78 is 36.2. The molecule has 1 N–H and O–H groups in total. The number of rotatable bonds is 6. The number of nitrogens with one attached hydrogen (secondary N) is 1. The lowest BCUT2D eigenvalue weighted by Gasteiger charge is -2.06. The Balaban J connectivity index is 1.60. The predicted molar refractivity (Wildman–Crippen MR) is 101 cm³/mol. The minimum absolute atomic E-state index is 0.0563. The fraction of sp³-hybridized carbons (Fsp3) is 0.167. The van der Waals surface area contributed by atoms with Crippen LogP contribution in [0.5, 0.6) is 5.75 Å². The Hall–Kier alpha value is -2.91. The fourth-order valence-corrected chi connectivity index (χ4v) is 4.02. The predicted octanol–water partition coefficient (Wildman–Crippen LogP) is 1.81. The van der Waals surface area contributed by atoms with Crippen molar-refractivity contribution in [3.63, 3.8) is 0 Å². The number of esters is 1. The Morgan fingerprint density at radius 3 is 2.64 bits per heavy atom. The van der Waals surface area contributed by atoms with Crippen LogP contribution in [0.3, 0.4) is 0 Å². The van der Waals surface area contributed by atoms with Crippen LogP contribution in [0.2, 0.25) is 5.02 Å². The zero-order valence-corrected chi connectivity index (χ0v) is 16.2. The van der Waals surface area contributed by atoms with E-state index < -0.39 is 34.9 Å². The quantitative estimate of drug-likeness (QED) is 0.561. The van der Waals surface area contributed by atoms with Crippen LogP contribution in [0, 0.1) is 0 Å². The highest BCUT2D eigenvalue weighted by Crippen LogP contribution is 2.25. The molecule has 0 bridgehead atoms. The van der Waals surface area contributed by atoms with Gasteiger partial charge in [-0.2, -0.15) is 0 Å². The van der Waals surface area contributed by atoms with Gasteiger partial charge in [0, 0.05) is 11.1 Å². The van der Waals surface area contributed by atoms with E-state index in [-0.39, 0.29) is 21.3 Å². The molecular formula is C18H15ClN2O6S. The third kappa shape index (κ3) is 4.15. The number of fused-ring (bicyclic) bond motifs is 1. The van der Waals surface area contributed by atoms with E-state index in [4.69, 9.17) is 21.1 Å². The van der Waals surface area contributed by atoms with Gasteiger partial charge in [-0.1, -0.05) is 23.7 Å². The molecule has 0 fully saturated rings. The number of amidine groups is 1. The van der Waals surface area contributed by atoms with E-state index >= 15 is 0 Å². The second-order valence-electron chi connectivity index (χ2n) is 5.70. The molecule has 0 aliphatic carbocycles. The number of carbonyl (C=O) groups excluding carboxylic acids is 2. The molecule has 10 heteroatoms. The average molecular weight is 423 g/mol. The number of carbonyl (C=O) groups is 2. The molecule has 1 aliphatic heterocycles. The molecule has 0 amide bonds. The minimum atomic E-state index is -3.68. The zero-order valence-electron chi connectivity index (χ0n) is 14.6. The first-order valence-corrected chi connectivity index (χ1v) is 9.87. The Morgan fingerprint density at radius 1 is 1.18 bits per heavy atom. The van der Waals surface area contributed by atoms with Crippen LogP contribution in [0.1, 0.15) is 15.9 Å². The van der Waals surface area contributed by atoms with E-state index in [2.05, 4.69) is 9.71 Å². The summed E-state index contributed by atoms with van der Waals surface area (Å²) in [5.74, 6) is -0.743. The second-order valence-corrected chi connectivity index (χ2v) is 7.76. The summed E-state index contributed by atoms with van der Waals surface area (Å²) in [5, 5.41) is 0.262. The smallest absolute Gasteiger partial charge is 0.328 e. The molecule has 0 aromatic heterocycles. The van der Waals surface area contributed by atoms with Crippen molar-refractivity contribution in [1.82, 2.24) is 4.72 Å². The number of Topliss-reactive ketones (excluding diaryl/α,β-unsaturated/α-hetero) is 1. The van der Waals surface area contributed by atoms with Gasteiger partial charge >= 0.3 is 5.97 Å². The van der Waals surface area contributed by atoms with Crippen molar-refractivity contribution < 1.29 is 27.5 Å². The van der Waals surface area contributed by atoms with Crippen LogP contribution >= 0.6 is 11.6 Å². The van der Waals surface area contributed by atoms with Gasteiger partial charge in [-0.15, -0.1) is 0 Å². The lowest BCUT2D eigenvalue weighted by molar-refractivity contribution is -0.140. The number of hydrogen-bond acceptors (Lipinski definition) is 7. The van der Waals surface area contributed by atoms with Crippen LogP contribution in [0.4, 0.5) is 0 Å². The maximum Gasteiger partial charge on any atom is 0.328 e. The topological polar surface area (TPSA) is 111 Å². The van der Waals surface area contributed by atoms with E-state index in [1.807, 2.05) is 0 Å². The van der Waals surface area contributed by atoms with Gasteiger partial charge in [0.2, 0.25) is 0 Å². The minimum Gasteiger partial charge on any atom is -0.495 e. The van der Waals surface area contributed by atoms with Crippen molar-refractivity contribution in [2.24, 2.45) is 4.99 Å². The van der Waals surface area contributed by atoms with Gasteiger partial charge in [0.25, 0.3) is 10.0 Å². The number of benzene rings is 2. The monoisotopic (exact) mass is 422 g/mol. The Kier molecular flexibility index (Phi) is 5.66. The Bertz CT molecular complexity index is 1080. The van der Waals surface area contributed by atoms with Crippen molar-refractivity contribution in [2.45, 2.75) is 4.90 Å². The molecule has 0 saturated carbocycles. The highest BCUT2D eigenvalue weighted by atomic mass is 35.5. The lowest BCUT2D eigenvalue weighted by atomic mass is 10.1. The fourth-order valence-electron chi connectivity index (χ4n) is 2.51. The molecule has 0 radical (unpaired) electrons. The number of ketones is 1. The van der Waals surface area contributed by atoms with E-state index in [1.54, 1.807) is 18.2 Å². The van der Waals surface area contributed by atoms with E-state index in [1.165, 1.54) is 31.4 Å². The van der Waals surface area contributed by atoms with Crippen LogP contribution in [-0.2, 0) is 19.6 Å². The van der Waals surface area contributed by atoms with E-state index in [0.717, 1.165) is 0 Å². The normalized spacial score (nSPS) is 15.6. The standard InChI is InChI=1S/C18H15ClN2O6S/c1-26-15-7-6-11(8-13(15)19)14(22)10-27-17(23)9-20-18-12-4-2-3-5-16(12)28(24,25)21-18/h2-8H,9-10H2,1H3,(H,20,21). The van der Waals surface area contributed by atoms with Crippen LogP contribution < -0.4 is 9.46 Å². The first-order chi connectivity index (χ1) is 13.3. The molecule has 1 aliphatic rings. The van der Waals surface area contributed by atoms with Crippen molar-refractivity contribution in [3.05, 3.63) is 58.6 Å². The van der Waals surface area contributed by atoms with E-state index in [9.17, 15) is 18.0 Å². The molecule has 0 spiro atoms. The molecule has 3 rings (SSSR count). The summed E-state index contributed by atoms with van der Waals surface area (Å²) in [6.07, 6.45) is 0. The Labute approximate surface area is 166 Å². The van der Waals surface area contributed by atoms with Crippen molar-refractivity contribution in [1.29, 1.82) is 0 Å². The summed E-state index contributed by atoms with van der Waals surface area (Å²) >= 11 is 5.96. The van der Waals surface area contributed by atoms with Gasteiger partial charge in [0.1, 0.15) is 18.1 Å². The third-order valence-corrected chi connectivity index (χ3v) is 5.56. The number of nitrogens with zero attached hydrogens (tertiary/aromatic N) is 1. The molecule has 1 heterocycles. The number of sulfonamides is 1. The summed E-state index contributed by atoms with van der Waals surface area (Å²) in [7, 11) is -2.23. The number of hydrogen-bond donors (Lipinski definition) is 1. The molecule has 8 nitrogen and oxygen atoms in total. The van der Waals surface area contributed by atoms with Gasteiger partial charge in [0.05, 0.1) is 17.0 Å².